The van der Waals surface area contributed by atoms with E-state index in [1.807, 2.05) is 0 Å². The minimum atomic E-state index is 0.151. The van der Waals surface area contributed by atoms with Gasteiger partial charge >= 0.3 is 193 Å². The SMILES string of the molecule is Cc1cc(C(C)(C)C)cc2c1-c1c(C)c(C3=CC=CC3)c(C(C)(C)C)[c]([Zr])c1C2. The predicted octanol–water partition coefficient (Wildman–Crippen LogP) is 6.99. The predicted molar refractivity (Wildman–Crippen MR) is 123 cm³/mol. The van der Waals surface area contributed by atoms with Gasteiger partial charge < -0.3 is 0 Å². The molecule has 0 nitrogen and oxygen atoms in total. The van der Waals surface area contributed by atoms with Gasteiger partial charge in [-0.1, -0.05) is 0 Å². The Balaban J connectivity index is 2.05. The van der Waals surface area contributed by atoms with E-state index in [9.17, 15) is 0 Å². The van der Waals surface area contributed by atoms with Crippen molar-refractivity contribution in [2.75, 3.05) is 0 Å². The van der Waals surface area contributed by atoms with Crippen LogP contribution in [0.5, 0.6) is 0 Å². The van der Waals surface area contributed by atoms with E-state index in [-0.39, 0.29) is 10.8 Å². The molecule has 2 aliphatic carbocycles. The first-order valence-corrected chi connectivity index (χ1v) is 12.1. The van der Waals surface area contributed by atoms with Gasteiger partial charge in [0, 0.05) is 0 Å². The average molecular weight is 461 g/mol. The number of hydrogen-bond acceptors (Lipinski definition) is 0. The van der Waals surface area contributed by atoms with Crippen molar-refractivity contribution in [2.45, 2.75) is 79.1 Å². The topological polar surface area (TPSA) is 0 Å². The van der Waals surface area contributed by atoms with E-state index in [2.05, 4.69) is 85.8 Å². The van der Waals surface area contributed by atoms with Crippen LogP contribution in [0.4, 0.5) is 0 Å². The Hall–Kier alpha value is -1.20. The van der Waals surface area contributed by atoms with Crippen LogP contribution in [-0.2, 0) is 42.0 Å². The van der Waals surface area contributed by atoms with Crippen LogP contribution in [-0.4, -0.2) is 0 Å². The molecular formula is C28H33Zr. The van der Waals surface area contributed by atoms with Crippen LogP contribution in [0.2, 0.25) is 0 Å². The molecule has 0 saturated carbocycles. The quantitative estimate of drug-likeness (QED) is 0.367. The number of allylic oxidation sites excluding steroid dienone is 4. The Kier molecular flexibility index (Phi) is 5.02. The summed E-state index contributed by atoms with van der Waals surface area (Å²) in [7, 11) is 0. The number of aryl methyl sites for hydroxylation is 1. The summed E-state index contributed by atoms with van der Waals surface area (Å²) in [5.41, 5.74) is 15.5. The first-order valence-electron chi connectivity index (χ1n) is 10.8. The summed E-state index contributed by atoms with van der Waals surface area (Å²) < 4.78 is 1.60. The fraction of sp³-hybridized carbons (Fsp3) is 0.429. The van der Waals surface area contributed by atoms with Crippen molar-refractivity contribution in [3.05, 3.63) is 69.3 Å². The van der Waals surface area contributed by atoms with Gasteiger partial charge in [-0.25, -0.2) is 0 Å². The zero-order valence-corrected chi connectivity index (χ0v) is 21.8. The summed E-state index contributed by atoms with van der Waals surface area (Å²) in [6.45, 7) is 18.8. The Morgan fingerprint density at radius 3 is 2.10 bits per heavy atom. The molecule has 0 aliphatic heterocycles. The third kappa shape index (κ3) is 3.38. The Morgan fingerprint density at radius 1 is 0.862 bits per heavy atom. The van der Waals surface area contributed by atoms with Crippen LogP contribution in [0.1, 0.15) is 86.9 Å². The van der Waals surface area contributed by atoms with E-state index in [1.165, 1.54) is 39.0 Å². The molecule has 0 heterocycles. The molecule has 0 amide bonds. The molecule has 4 rings (SSSR count). The molecule has 2 aromatic carbocycles. The van der Waals surface area contributed by atoms with Gasteiger partial charge in [0.05, 0.1) is 0 Å². The monoisotopic (exact) mass is 459 g/mol. The normalized spacial score (nSPS) is 15.5. The molecule has 0 atom stereocenters. The summed E-state index contributed by atoms with van der Waals surface area (Å²) in [5, 5.41) is 0. The summed E-state index contributed by atoms with van der Waals surface area (Å²) >= 11 is 1.55. The molecule has 2 aromatic rings. The second-order valence-electron chi connectivity index (χ2n) is 10.9. The molecule has 0 saturated heterocycles. The van der Waals surface area contributed by atoms with E-state index < -0.39 is 0 Å². The Labute approximate surface area is 192 Å². The summed E-state index contributed by atoms with van der Waals surface area (Å²) in [6, 6.07) is 4.92. The fourth-order valence-corrected chi connectivity index (χ4v) is 6.97. The van der Waals surface area contributed by atoms with Crippen molar-refractivity contribution in [1.82, 2.24) is 0 Å². The zero-order valence-electron chi connectivity index (χ0n) is 19.3. The van der Waals surface area contributed by atoms with E-state index in [1.54, 1.807) is 44.7 Å². The molecule has 0 spiro atoms. The van der Waals surface area contributed by atoms with Gasteiger partial charge in [-0.3, -0.25) is 0 Å². The maximum absolute atomic E-state index is 2.49. The maximum atomic E-state index is 2.49. The molecule has 0 unspecified atom stereocenters. The Bertz CT molecular complexity index is 1080. The van der Waals surface area contributed by atoms with Crippen molar-refractivity contribution in [2.24, 2.45) is 0 Å². The number of benzene rings is 2. The molecule has 0 bridgehead atoms. The minimum absolute atomic E-state index is 0.151. The van der Waals surface area contributed by atoms with Crippen molar-refractivity contribution in [3.63, 3.8) is 0 Å². The average Bonchev–Trinajstić information content (AvgIpc) is 3.23. The number of hydrogen-bond donors (Lipinski definition) is 0. The molecule has 2 aliphatic rings. The summed E-state index contributed by atoms with van der Waals surface area (Å²) in [6.07, 6.45) is 9.02. The van der Waals surface area contributed by atoms with Gasteiger partial charge in [0.2, 0.25) is 0 Å². The van der Waals surface area contributed by atoms with Crippen LogP contribution in [0.15, 0.2) is 30.4 Å². The molecule has 0 aromatic heterocycles. The van der Waals surface area contributed by atoms with Gasteiger partial charge in [-0.15, -0.1) is 0 Å². The number of rotatable bonds is 1. The Morgan fingerprint density at radius 2 is 1.55 bits per heavy atom. The van der Waals surface area contributed by atoms with E-state index >= 15 is 0 Å². The van der Waals surface area contributed by atoms with Crippen LogP contribution in [0, 0.1) is 13.8 Å². The first-order chi connectivity index (χ1) is 13.4. The second kappa shape index (κ2) is 6.91. The zero-order chi connectivity index (χ0) is 21.3. The van der Waals surface area contributed by atoms with E-state index in [0.29, 0.717) is 0 Å². The van der Waals surface area contributed by atoms with Gasteiger partial charge in [0.1, 0.15) is 0 Å². The summed E-state index contributed by atoms with van der Waals surface area (Å²) in [5.74, 6) is 0. The third-order valence-corrected chi connectivity index (χ3v) is 7.95. The van der Waals surface area contributed by atoms with Gasteiger partial charge in [-0.05, 0) is 0 Å². The molecule has 149 valence electrons. The van der Waals surface area contributed by atoms with Crippen molar-refractivity contribution < 1.29 is 24.7 Å². The third-order valence-electron chi connectivity index (χ3n) is 6.60. The van der Waals surface area contributed by atoms with Crippen molar-refractivity contribution in [3.8, 4) is 11.1 Å². The standard InChI is InChI=1S/C28H33.Zr/c1-17-13-22(27(3,4)5)15-20-14-21-16-23(28(6,7)8)25(19-11-9-10-12-19)18(2)26(21)24(17)20;/h9-11,13,15H,12,14H2,1-8H3;. The first kappa shape index (κ1) is 21.1. The molecule has 29 heavy (non-hydrogen) atoms. The molecule has 0 fully saturated rings. The van der Waals surface area contributed by atoms with Crippen LogP contribution in [0.25, 0.3) is 16.7 Å². The summed E-state index contributed by atoms with van der Waals surface area (Å²) in [4.78, 5) is 0. The van der Waals surface area contributed by atoms with Crippen LogP contribution >= 0.6 is 0 Å². The molecule has 0 N–H and O–H groups in total. The fourth-order valence-electron chi connectivity index (χ4n) is 5.22. The second-order valence-corrected chi connectivity index (χ2v) is 12.2. The molecular weight excluding hydrogens is 428 g/mol. The van der Waals surface area contributed by atoms with Crippen molar-refractivity contribution in [1.29, 1.82) is 0 Å². The van der Waals surface area contributed by atoms with Gasteiger partial charge in [0.25, 0.3) is 0 Å². The van der Waals surface area contributed by atoms with E-state index in [4.69, 9.17) is 0 Å². The molecule has 1 heteroatoms. The number of fused-ring (bicyclic) bond motifs is 3. The molecule has 0 radical (unpaired) electrons. The van der Waals surface area contributed by atoms with Crippen LogP contribution < -0.4 is 3.27 Å². The van der Waals surface area contributed by atoms with Crippen LogP contribution in [0.3, 0.4) is 0 Å². The van der Waals surface area contributed by atoms with E-state index in [0.717, 1.165) is 12.8 Å². The van der Waals surface area contributed by atoms with Gasteiger partial charge in [-0.2, -0.15) is 0 Å². The van der Waals surface area contributed by atoms with Crippen molar-refractivity contribution >= 4 is 8.84 Å². The van der Waals surface area contributed by atoms with Gasteiger partial charge in [0.15, 0.2) is 0 Å².